The van der Waals surface area contributed by atoms with Crippen LogP contribution >= 0.6 is 0 Å². The van der Waals surface area contributed by atoms with Gasteiger partial charge >= 0.3 is 0 Å². The third-order valence-electron chi connectivity index (χ3n) is 2.02. The van der Waals surface area contributed by atoms with E-state index in [0.29, 0.717) is 12.8 Å². The second-order valence-corrected chi connectivity index (χ2v) is 3.16. The highest BCUT2D eigenvalue weighted by Gasteiger charge is 2.33. The predicted octanol–water partition coefficient (Wildman–Crippen LogP) is 0.476. The summed E-state index contributed by atoms with van der Waals surface area (Å²) < 4.78 is 12.6. The fourth-order valence-electron chi connectivity index (χ4n) is 1.44. The third kappa shape index (κ3) is 1.47. The van der Waals surface area contributed by atoms with Crippen molar-refractivity contribution in [2.75, 3.05) is 0 Å². The van der Waals surface area contributed by atoms with Crippen molar-refractivity contribution in [1.29, 1.82) is 0 Å². The lowest BCUT2D eigenvalue weighted by molar-refractivity contribution is -0.0574. The van der Waals surface area contributed by atoms with Crippen LogP contribution in [0, 0.1) is 5.92 Å². The summed E-state index contributed by atoms with van der Waals surface area (Å²) in [6, 6.07) is 0. The van der Waals surface area contributed by atoms with Gasteiger partial charge in [-0.25, -0.2) is 4.39 Å². The SMILES string of the molecule is CC1CC(O)C(F)C(O)C1. The fraction of sp³-hybridized carbons (Fsp3) is 1.00. The van der Waals surface area contributed by atoms with Gasteiger partial charge in [0.05, 0.1) is 12.2 Å². The molecule has 1 fully saturated rings. The third-order valence-corrected chi connectivity index (χ3v) is 2.02. The first-order chi connectivity index (χ1) is 4.61. The molecule has 0 radical (unpaired) electrons. The zero-order valence-electron chi connectivity index (χ0n) is 6.00. The molecule has 0 aromatic carbocycles. The molecular formula is C7H13FO2. The summed E-state index contributed by atoms with van der Waals surface area (Å²) in [5.74, 6) is 0.233. The molecule has 2 unspecified atom stereocenters. The second-order valence-electron chi connectivity index (χ2n) is 3.16. The van der Waals surface area contributed by atoms with E-state index < -0.39 is 18.4 Å². The molecule has 3 heteroatoms. The van der Waals surface area contributed by atoms with Crippen LogP contribution in [-0.4, -0.2) is 28.6 Å². The van der Waals surface area contributed by atoms with Crippen LogP contribution in [0.15, 0.2) is 0 Å². The molecule has 1 saturated carbocycles. The van der Waals surface area contributed by atoms with Crippen molar-refractivity contribution in [3.8, 4) is 0 Å². The number of alkyl halides is 1. The molecule has 0 aromatic heterocycles. The molecule has 0 spiro atoms. The molecule has 0 heterocycles. The Hall–Kier alpha value is -0.150. The number of rotatable bonds is 0. The number of hydrogen-bond donors (Lipinski definition) is 2. The van der Waals surface area contributed by atoms with Crippen molar-refractivity contribution in [3.05, 3.63) is 0 Å². The summed E-state index contributed by atoms with van der Waals surface area (Å²) in [4.78, 5) is 0. The van der Waals surface area contributed by atoms with E-state index in [0.717, 1.165) is 0 Å². The average molecular weight is 148 g/mol. The summed E-state index contributed by atoms with van der Waals surface area (Å²) in [7, 11) is 0. The van der Waals surface area contributed by atoms with E-state index in [2.05, 4.69) is 0 Å². The lowest BCUT2D eigenvalue weighted by Gasteiger charge is -2.30. The minimum Gasteiger partial charge on any atom is -0.390 e. The molecule has 0 aliphatic heterocycles. The van der Waals surface area contributed by atoms with Gasteiger partial charge in [0.2, 0.25) is 0 Å². The predicted molar refractivity (Wildman–Crippen MR) is 35.3 cm³/mol. The normalized spacial score (nSPS) is 49.2. The van der Waals surface area contributed by atoms with Crippen molar-refractivity contribution in [1.82, 2.24) is 0 Å². The zero-order chi connectivity index (χ0) is 7.72. The summed E-state index contributed by atoms with van der Waals surface area (Å²) in [5.41, 5.74) is 0. The number of aliphatic hydroxyl groups excluding tert-OH is 2. The standard InChI is InChI=1S/C7H13FO2/c1-4-2-5(9)7(8)6(10)3-4/h4-7,9-10H,2-3H2,1H3. The molecule has 2 N–H and O–H groups in total. The molecule has 2 nitrogen and oxygen atoms in total. The van der Waals surface area contributed by atoms with E-state index in [4.69, 9.17) is 10.2 Å². The van der Waals surface area contributed by atoms with Crippen LogP contribution in [-0.2, 0) is 0 Å². The monoisotopic (exact) mass is 148 g/mol. The molecule has 0 amide bonds. The van der Waals surface area contributed by atoms with Gasteiger partial charge in [0.15, 0.2) is 6.17 Å². The van der Waals surface area contributed by atoms with Gasteiger partial charge in [-0.05, 0) is 18.8 Å². The summed E-state index contributed by atoms with van der Waals surface area (Å²) in [6.45, 7) is 1.90. The van der Waals surface area contributed by atoms with E-state index in [1.165, 1.54) is 0 Å². The van der Waals surface area contributed by atoms with Crippen molar-refractivity contribution < 1.29 is 14.6 Å². The summed E-state index contributed by atoms with van der Waals surface area (Å²) in [5, 5.41) is 18.0. The smallest absolute Gasteiger partial charge is 0.152 e. The number of halogens is 1. The van der Waals surface area contributed by atoms with Gasteiger partial charge in [-0.3, -0.25) is 0 Å². The quantitative estimate of drug-likeness (QED) is 0.524. The first-order valence-corrected chi connectivity index (χ1v) is 3.61. The van der Waals surface area contributed by atoms with Gasteiger partial charge in [-0.1, -0.05) is 6.92 Å². The van der Waals surface area contributed by atoms with Gasteiger partial charge in [0.1, 0.15) is 0 Å². The van der Waals surface area contributed by atoms with Crippen LogP contribution in [0.4, 0.5) is 4.39 Å². The van der Waals surface area contributed by atoms with E-state index in [1.807, 2.05) is 6.92 Å². The highest BCUT2D eigenvalue weighted by molar-refractivity contribution is 4.84. The van der Waals surface area contributed by atoms with Gasteiger partial charge in [0, 0.05) is 0 Å². The molecule has 1 rings (SSSR count). The van der Waals surface area contributed by atoms with Crippen LogP contribution in [0.25, 0.3) is 0 Å². The molecule has 0 aromatic rings. The Labute approximate surface area is 59.7 Å². The Morgan fingerprint density at radius 1 is 1.20 bits per heavy atom. The minimum atomic E-state index is -1.43. The lowest BCUT2D eigenvalue weighted by atomic mass is 9.85. The Morgan fingerprint density at radius 3 is 2.00 bits per heavy atom. The fourth-order valence-corrected chi connectivity index (χ4v) is 1.44. The van der Waals surface area contributed by atoms with Crippen molar-refractivity contribution >= 4 is 0 Å². The molecule has 60 valence electrons. The molecule has 1 aliphatic carbocycles. The first-order valence-electron chi connectivity index (χ1n) is 3.61. The largest absolute Gasteiger partial charge is 0.390 e. The lowest BCUT2D eigenvalue weighted by Crippen LogP contribution is -2.40. The summed E-state index contributed by atoms with van der Waals surface area (Å²) in [6.07, 6.45) is -2.41. The maximum absolute atomic E-state index is 12.6. The van der Waals surface area contributed by atoms with E-state index >= 15 is 0 Å². The maximum Gasteiger partial charge on any atom is 0.152 e. The molecule has 10 heavy (non-hydrogen) atoms. The van der Waals surface area contributed by atoms with Crippen molar-refractivity contribution in [2.24, 2.45) is 5.92 Å². The molecule has 2 atom stereocenters. The Bertz CT molecular complexity index is 106. The molecule has 0 bridgehead atoms. The molecule has 0 saturated heterocycles. The number of aliphatic hydroxyl groups is 2. The van der Waals surface area contributed by atoms with E-state index in [1.54, 1.807) is 0 Å². The van der Waals surface area contributed by atoms with Crippen molar-refractivity contribution in [2.45, 2.75) is 38.1 Å². The first kappa shape index (κ1) is 7.95. The second kappa shape index (κ2) is 2.84. The van der Waals surface area contributed by atoms with E-state index in [-0.39, 0.29) is 5.92 Å². The maximum atomic E-state index is 12.6. The minimum absolute atomic E-state index is 0.233. The van der Waals surface area contributed by atoms with Gasteiger partial charge in [0.25, 0.3) is 0 Å². The van der Waals surface area contributed by atoms with Gasteiger partial charge in [-0.2, -0.15) is 0 Å². The van der Waals surface area contributed by atoms with Gasteiger partial charge in [-0.15, -0.1) is 0 Å². The zero-order valence-corrected chi connectivity index (χ0v) is 6.00. The number of hydrogen-bond acceptors (Lipinski definition) is 2. The summed E-state index contributed by atoms with van der Waals surface area (Å²) >= 11 is 0. The van der Waals surface area contributed by atoms with E-state index in [9.17, 15) is 4.39 Å². The van der Waals surface area contributed by atoms with Crippen LogP contribution in [0.3, 0.4) is 0 Å². The molecule has 1 aliphatic rings. The van der Waals surface area contributed by atoms with Crippen molar-refractivity contribution in [3.63, 3.8) is 0 Å². The highest BCUT2D eigenvalue weighted by atomic mass is 19.1. The van der Waals surface area contributed by atoms with Crippen LogP contribution in [0.5, 0.6) is 0 Å². The Balaban J connectivity index is 2.49. The average Bonchev–Trinajstić information content (AvgIpc) is 1.82. The molecular weight excluding hydrogens is 135 g/mol. The Kier molecular flexibility index (Phi) is 2.26. The highest BCUT2D eigenvalue weighted by Crippen LogP contribution is 2.26. The van der Waals surface area contributed by atoms with Gasteiger partial charge < -0.3 is 10.2 Å². The topological polar surface area (TPSA) is 40.5 Å². The Morgan fingerprint density at radius 2 is 1.60 bits per heavy atom. The van der Waals surface area contributed by atoms with Crippen LogP contribution < -0.4 is 0 Å². The van der Waals surface area contributed by atoms with Crippen LogP contribution in [0.2, 0.25) is 0 Å². The van der Waals surface area contributed by atoms with Crippen LogP contribution in [0.1, 0.15) is 19.8 Å².